The van der Waals surface area contributed by atoms with E-state index in [0.29, 0.717) is 6.42 Å². The second-order valence-electron chi connectivity index (χ2n) is 7.63. The summed E-state index contributed by atoms with van der Waals surface area (Å²) >= 11 is 0. The first-order valence-electron chi connectivity index (χ1n) is 9.94. The van der Waals surface area contributed by atoms with Gasteiger partial charge in [-0.3, -0.25) is 19.1 Å². The third-order valence-corrected chi connectivity index (χ3v) is 4.80. The number of ether oxygens (including phenoxy) is 4. The Hall–Kier alpha value is -2.23. The van der Waals surface area contributed by atoms with Crippen molar-refractivity contribution in [3.8, 4) is 0 Å². The van der Waals surface area contributed by atoms with Crippen LogP contribution in [-0.2, 0) is 23.7 Å². The Kier molecular flexibility index (Phi) is 6.71. The second-order valence-corrected chi connectivity index (χ2v) is 7.63. The molecule has 0 spiro atoms. The molecule has 0 saturated carbocycles. The van der Waals surface area contributed by atoms with E-state index in [1.165, 1.54) is 16.8 Å². The van der Waals surface area contributed by atoms with E-state index in [2.05, 4.69) is 18.0 Å². The molecule has 29 heavy (non-hydrogen) atoms. The molecular formula is C20H28N2O7. The van der Waals surface area contributed by atoms with Gasteiger partial charge in [0.25, 0.3) is 5.56 Å². The van der Waals surface area contributed by atoms with Crippen molar-refractivity contribution in [1.82, 2.24) is 9.55 Å². The summed E-state index contributed by atoms with van der Waals surface area (Å²) in [6.45, 7) is 5.62. The highest BCUT2D eigenvalue weighted by Crippen LogP contribution is 2.42. The minimum atomic E-state index is -0.866. The minimum Gasteiger partial charge on any atom is -0.463 e. The normalized spacial score (nSPS) is 28.0. The van der Waals surface area contributed by atoms with Crippen LogP contribution in [0.5, 0.6) is 0 Å². The fraction of sp³-hybridized carbons (Fsp3) is 0.650. The Balaban J connectivity index is 1.64. The lowest BCUT2D eigenvalue weighted by Crippen LogP contribution is -2.37. The highest BCUT2D eigenvalue weighted by atomic mass is 16.8. The second kappa shape index (κ2) is 9.06. The molecule has 0 unspecified atom stereocenters. The quantitative estimate of drug-likeness (QED) is 0.514. The summed E-state index contributed by atoms with van der Waals surface area (Å²) in [5.41, 5.74) is -1.10. The van der Waals surface area contributed by atoms with Crippen LogP contribution < -0.4 is 11.2 Å². The van der Waals surface area contributed by atoms with Crippen LogP contribution in [-0.4, -0.2) is 46.2 Å². The van der Waals surface area contributed by atoms with Gasteiger partial charge in [0, 0.05) is 18.7 Å². The van der Waals surface area contributed by atoms with E-state index in [4.69, 9.17) is 18.9 Å². The molecule has 1 aromatic rings. The van der Waals surface area contributed by atoms with E-state index >= 15 is 0 Å². The SMILES string of the molecule is CCCC=CCCC(=O)OC[C@H]1O[C@@H](n2ccc(=O)[nH]c2=O)[C@@H]2OC(C)(C)O[C@@H]21. The molecule has 4 atom stereocenters. The number of rotatable bonds is 8. The van der Waals surface area contributed by atoms with E-state index in [1.807, 2.05) is 6.08 Å². The van der Waals surface area contributed by atoms with Gasteiger partial charge in [0.1, 0.15) is 24.9 Å². The van der Waals surface area contributed by atoms with Gasteiger partial charge in [0.05, 0.1) is 0 Å². The predicted octanol–water partition coefficient (Wildman–Crippen LogP) is 1.63. The van der Waals surface area contributed by atoms with Gasteiger partial charge in [0.15, 0.2) is 12.0 Å². The number of fused-ring (bicyclic) bond motifs is 1. The van der Waals surface area contributed by atoms with Crippen LogP contribution in [0.4, 0.5) is 0 Å². The van der Waals surface area contributed by atoms with E-state index in [-0.39, 0.29) is 19.0 Å². The van der Waals surface area contributed by atoms with Crippen molar-refractivity contribution in [1.29, 1.82) is 0 Å². The maximum absolute atomic E-state index is 12.2. The minimum absolute atomic E-state index is 0.00722. The summed E-state index contributed by atoms with van der Waals surface area (Å²) in [7, 11) is 0. The first-order valence-corrected chi connectivity index (χ1v) is 9.94. The molecule has 0 bridgehead atoms. The zero-order valence-electron chi connectivity index (χ0n) is 17.0. The van der Waals surface area contributed by atoms with Gasteiger partial charge in [-0.1, -0.05) is 25.5 Å². The Morgan fingerprint density at radius 3 is 2.69 bits per heavy atom. The molecule has 2 saturated heterocycles. The van der Waals surface area contributed by atoms with Crippen LogP contribution in [0, 0.1) is 0 Å². The third kappa shape index (κ3) is 5.23. The van der Waals surface area contributed by atoms with Gasteiger partial charge in [-0.15, -0.1) is 0 Å². The number of carbonyl (C=O) groups excluding carboxylic acids is 1. The number of hydrogen-bond donors (Lipinski definition) is 1. The average Bonchev–Trinajstić information content (AvgIpc) is 3.13. The predicted molar refractivity (Wildman–Crippen MR) is 103 cm³/mol. The molecular weight excluding hydrogens is 380 g/mol. The third-order valence-electron chi connectivity index (χ3n) is 4.80. The van der Waals surface area contributed by atoms with Crippen molar-refractivity contribution < 1.29 is 23.7 Å². The lowest BCUT2D eigenvalue weighted by Gasteiger charge is -2.24. The zero-order chi connectivity index (χ0) is 21.0. The number of aromatic amines is 1. The van der Waals surface area contributed by atoms with Gasteiger partial charge < -0.3 is 18.9 Å². The van der Waals surface area contributed by atoms with Gasteiger partial charge in [-0.2, -0.15) is 0 Å². The van der Waals surface area contributed by atoms with Gasteiger partial charge in [-0.05, 0) is 26.7 Å². The number of unbranched alkanes of at least 4 members (excludes halogenated alkanes) is 1. The molecule has 3 rings (SSSR count). The summed E-state index contributed by atoms with van der Waals surface area (Å²) in [6.07, 6.45) is 5.88. The summed E-state index contributed by atoms with van der Waals surface area (Å²) in [4.78, 5) is 37.7. The van der Waals surface area contributed by atoms with Crippen molar-refractivity contribution in [2.75, 3.05) is 6.61 Å². The number of allylic oxidation sites excluding steroid dienone is 2. The topological polar surface area (TPSA) is 109 Å². The molecule has 2 fully saturated rings. The summed E-state index contributed by atoms with van der Waals surface area (Å²) in [5.74, 6) is -1.19. The number of H-pyrrole nitrogens is 1. The lowest BCUT2D eigenvalue weighted by atomic mass is 10.1. The standard InChI is InChI=1S/C20H28N2O7/c1-4-5-6-7-8-9-15(24)26-12-13-16-17(29-20(2,3)28-16)18(27-13)22-11-10-14(23)21-19(22)25/h6-7,10-11,13,16-18H,4-5,8-9,12H2,1-3H3,(H,21,23,25)/t13-,16-,17-,18-/m1/s1. The summed E-state index contributed by atoms with van der Waals surface area (Å²) in [5, 5.41) is 0. The molecule has 0 amide bonds. The van der Waals surface area contributed by atoms with Gasteiger partial charge in [-0.25, -0.2) is 4.79 Å². The van der Waals surface area contributed by atoms with Crippen LogP contribution in [0.3, 0.4) is 0 Å². The lowest BCUT2D eigenvalue weighted by molar-refractivity contribution is -0.203. The van der Waals surface area contributed by atoms with Crippen molar-refractivity contribution in [2.24, 2.45) is 0 Å². The van der Waals surface area contributed by atoms with Crippen molar-refractivity contribution in [2.45, 2.75) is 76.8 Å². The maximum atomic E-state index is 12.2. The molecule has 0 aromatic carbocycles. The zero-order valence-corrected chi connectivity index (χ0v) is 17.0. The number of nitrogens with one attached hydrogen (secondary N) is 1. The fourth-order valence-electron chi connectivity index (χ4n) is 3.50. The highest BCUT2D eigenvalue weighted by Gasteiger charge is 2.56. The Bertz CT molecular complexity index is 857. The first-order chi connectivity index (χ1) is 13.8. The molecule has 0 radical (unpaired) electrons. The Labute approximate surface area is 168 Å². The molecule has 2 aliphatic heterocycles. The van der Waals surface area contributed by atoms with Crippen LogP contribution in [0.1, 0.15) is 52.7 Å². The monoisotopic (exact) mass is 408 g/mol. The molecule has 9 nitrogen and oxygen atoms in total. The van der Waals surface area contributed by atoms with Gasteiger partial charge >= 0.3 is 11.7 Å². The van der Waals surface area contributed by atoms with Crippen LogP contribution in [0.2, 0.25) is 0 Å². The summed E-state index contributed by atoms with van der Waals surface area (Å²) < 4.78 is 24.4. The summed E-state index contributed by atoms with van der Waals surface area (Å²) in [6, 6.07) is 1.24. The molecule has 0 aliphatic carbocycles. The molecule has 1 aromatic heterocycles. The molecule has 2 aliphatic rings. The fourth-order valence-corrected chi connectivity index (χ4v) is 3.50. The molecule has 1 N–H and O–H groups in total. The Morgan fingerprint density at radius 1 is 1.24 bits per heavy atom. The largest absolute Gasteiger partial charge is 0.463 e. The average molecular weight is 408 g/mol. The Morgan fingerprint density at radius 2 is 1.97 bits per heavy atom. The number of carbonyl (C=O) groups is 1. The molecule has 9 heteroatoms. The van der Waals surface area contributed by atoms with Crippen molar-refractivity contribution in [3.05, 3.63) is 45.3 Å². The van der Waals surface area contributed by atoms with E-state index < -0.39 is 41.6 Å². The van der Waals surface area contributed by atoms with Crippen LogP contribution in [0.15, 0.2) is 34.0 Å². The van der Waals surface area contributed by atoms with E-state index in [9.17, 15) is 14.4 Å². The van der Waals surface area contributed by atoms with Crippen LogP contribution >= 0.6 is 0 Å². The smallest absolute Gasteiger partial charge is 0.330 e. The van der Waals surface area contributed by atoms with Crippen LogP contribution in [0.25, 0.3) is 0 Å². The maximum Gasteiger partial charge on any atom is 0.330 e. The highest BCUT2D eigenvalue weighted by molar-refractivity contribution is 5.69. The number of aromatic nitrogens is 2. The first kappa shape index (κ1) is 21.5. The van der Waals surface area contributed by atoms with Crippen molar-refractivity contribution in [3.63, 3.8) is 0 Å². The number of hydrogen-bond acceptors (Lipinski definition) is 7. The molecule has 160 valence electrons. The number of esters is 1. The van der Waals surface area contributed by atoms with Gasteiger partial charge in [0.2, 0.25) is 0 Å². The molecule has 3 heterocycles. The number of nitrogens with zero attached hydrogens (tertiary/aromatic N) is 1. The van der Waals surface area contributed by atoms with E-state index in [1.54, 1.807) is 13.8 Å². The van der Waals surface area contributed by atoms with Crippen molar-refractivity contribution >= 4 is 5.97 Å². The van der Waals surface area contributed by atoms with E-state index in [0.717, 1.165) is 12.8 Å².